The summed E-state index contributed by atoms with van der Waals surface area (Å²) in [5.41, 5.74) is 7.63. The van der Waals surface area contributed by atoms with E-state index in [-0.39, 0.29) is 11.2 Å². The highest BCUT2D eigenvalue weighted by atomic mass is 19.1. The maximum Gasteiger partial charge on any atom is 0.201 e. The molecule has 0 amide bonds. The van der Waals surface area contributed by atoms with Crippen LogP contribution in [0.15, 0.2) is 12.1 Å². The number of benzene rings is 1. The highest BCUT2D eigenvalue weighted by molar-refractivity contribution is 5.80. The number of nitrogens with two attached hydrogens (primary N) is 1. The lowest BCUT2D eigenvalue weighted by Crippen LogP contribution is -2.15. The van der Waals surface area contributed by atoms with Crippen LogP contribution in [0.25, 0.3) is 11.0 Å². The van der Waals surface area contributed by atoms with Gasteiger partial charge in [-0.3, -0.25) is 0 Å². The lowest BCUT2D eigenvalue weighted by Gasteiger charge is -2.17. The minimum Gasteiger partial charge on any atom is -0.494 e. The normalized spacial score (nSPS) is 16.3. The number of aromatic nitrogens is 2. The average Bonchev–Trinajstić information content (AvgIpc) is 3.17. The molecule has 1 heterocycles. The summed E-state index contributed by atoms with van der Waals surface area (Å²) in [6.07, 6.45) is 3.32. The number of fused-ring (bicyclic) bond motifs is 1. The number of anilines is 1. The topological polar surface area (TPSA) is 62.3 Å². The second-order valence-corrected chi connectivity index (χ2v) is 5.77. The summed E-state index contributed by atoms with van der Waals surface area (Å²) in [5, 5.41) is 0. The van der Waals surface area contributed by atoms with Gasteiger partial charge in [0.1, 0.15) is 0 Å². The molecule has 0 bridgehead atoms. The van der Waals surface area contributed by atoms with Crippen LogP contribution in [0.5, 0.6) is 5.75 Å². The van der Waals surface area contributed by atoms with Gasteiger partial charge in [0, 0.05) is 32.4 Å². The van der Waals surface area contributed by atoms with E-state index < -0.39 is 5.82 Å². The molecule has 6 heteroatoms. The molecule has 0 unspecified atom stereocenters. The highest BCUT2D eigenvalue weighted by Gasteiger charge is 2.43. The van der Waals surface area contributed by atoms with E-state index in [4.69, 9.17) is 15.2 Å². The molecule has 2 N–H and O–H groups in total. The van der Waals surface area contributed by atoms with Crippen molar-refractivity contribution in [2.45, 2.75) is 25.8 Å². The molecule has 114 valence electrons. The number of nitrogen functional groups attached to an aromatic ring is 1. The maximum absolute atomic E-state index is 13.7. The summed E-state index contributed by atoms with van der Waals surface area (Å²) in [5.74, 6) is 0.210. The van der Waals surface area contributed by atoms with E-state index in [1.807, 2.05) is 4.57 Å². The van der Waals surface area contributed by atoms with Crippen molar-refractivity contribution in [2.75, 3.05) is 26.6 Å². The third kappa shape index (κ3) is 2.55. The first-order valence-corrected chi connectivity index (χ1v) is 7.07. The van der Waals surface area contributed by atoms with Crippen molar-refractivity contribution in [2.24, 2.45) is 5.41 Å². The fourth-order valence-electron chi connectivity index (χ4n) is 2.79. The fourth-order valence-corrected chi connectivity index (χ4v) is 2.79. The zero-order valence-electron chi connectivity index (χ0n) is 12.4. The SMILES string of the molecule is COCCC1(Cn2c(N)nc3cc(F)c(OC)cc32)CC1. The Labute approximate surface area is 122 Å². The molecule has 0 saturated heterocycles. The first-order chi connectivity index (χ1) is 10.1. The zero-order valence-corrected chi connectivity index (χ0v) is 12.4. The van der Waals surface area contributed by atoms with Crippen molar-refractivity contribution in [3.63, 3.8) is 0 Å². The van der Waals surface area contributed by atoms with Crippen LogP contribution in [0.1, 0.15) is 19.3 Å². The summed E-state index contributed by atoms with van der Waals surface area (Å²) >= 11 is 0. The zero-order chi connectivity index (χ0) is 15.0. The van der Waals surface area contributed by atoms with Crippen LogP contribution in [-0.4, -0.2) is 30.4 Å². The predicted octanol–water partition coefficient (Wildman–Crippen LogP) is 2.58. The van der Waals surface area contributed by atoms with E-state index in [1.54, 1.807) is 13.2 Å². The van der Waals surface area contributed by atoms with Gasteiger partial charge in [-0.05, 0) is 24.7 Å². The van der Waals surface area contributed by atoms with Gasteiger partial charge in [-0.25, -0.2) is 9.37 Å². The molecule has 5 nitrogen and oxygen atoms in total. The monoisotopic (exact) mass is 293 g/mol. The van der Waals surface area contributed by atoms with Gasteiger partial charge in [0.2, 0.25) is 5.95 Å². The van der Waals surface area contributed by atoms with Crippen molar-refractivity contribution >= 4 is 17.0 Å². The Hall–Kier alpha value is -1.82. The third-order valence-corrected chi connectivity index (χ3v) is 4.34. The molecule has 2 aromatic rings. The number of nitrogens with zero attached hydrogens (tertiary/aromatic N) is 2. The van der Waals surface area contributed by atoms with Gasteiger partial charge in [-0.1, -0.05) is 0 Å². The summed E-state index contributed by atoms with van der Waals surface area (Å²) in [6, 6.07) is 3.04. The number of halogens is 1. The van der Waals surface area contributed by atoms with Crippen LogP contribution in [0.2, 0.25) is 0 Å². The van der Waals surface area contributed by atoms with Crippen molar-refractivity contribution in [1.82, 2.24) is 9.55 Å². The van der Waals surface area contributed by atoms with E-state index in [0.717, 1.165) is 37.9 Å². The first kappa shape index (κ1) is 14.1. The summed E-state index contributed by atoms with van der Waals surface area (Å²) in [7, 11) is 3.17. The lowest BCUT2D eigenvalue weighted by molar-refractivity contribution is 0.167. The molecule has 1 aliphatic rings. The molecule has 0 spiro atoms. The van der Waals surface area contributed by atoms with Gasteiger partial charge < -0.3 is 19.8 Å². The van der Waals surface area contributed by atoms with Crippen molar-refractivity contribution in [1.29, 1.82) is 0 Å². The Morgan fingerprint density at radius 3 is 2.76 bits per heavy atom. The average molecular weight is 293 g/mol. The first-order valence-electron chi connectivity index (χ1n) is 7.07. The molecule has 1 aromatic heterocycles. The molecule has 0 radical (unpaired) electrons. The summed E-state index contributed by atoms with van der Waals surface area (Å²) in [6.45, 7) is 1.53. The predicted molar refractivity (Wildman–Crippen MR) is 78.8 cm³/mol. The van der Waals surface area contributed by atoms with E-state index in [0.29, 0.717) is 11.5 Å². The van der Waals surface area contributed by atoms with Crippen molar-refractivity contribution < 1.29 is 13.9 Å². The molecular formula is C15H20FN3O2. The smallest absolute Gasteiger partial charge is 0.201 e. The van der Waals surface area contributed by atoms with Crippen LogP contribution < -0.4 is 10.5 Å². The van der Waals surface area contributed by atoms with Gasteiger partial charge in [0.05, 0.1) is 18.1 Å². The standard InChI is InChI=1S/C15H20FN3O2/c1-20-6-5-15(3-4-15)9-19-12-8-13(21-2)10(16)7-11(12)18-14(19)17/h7-8H,3-6,9H2,1-2H3,(H2,17,18). The van der Waals surface area contributed by atoms with Gasteiger partial charge in [0.15, 0.2) is 11.6 Å². The summed E-state index contributed by atoms with van der Waals surface area (Å²) < 4.78 is 25.9. The quantitative estimate of drug-likeness (QED) is 0.889. The summed E-state index contributed by atoms with van der Waals surface area (Å²) in [4.78, 5) is 4.26. The van der Waals surface area contributed by atoms with Crippen LogP contribution in [0, 0.1) is 11.2 Å². The van der Waals surface area contributed by atoms with E-state index in [2.05, 4.69) is 4.98 Å². The number of imidazole rings is 1. The van der Waals surface area contributed by atoms with E-state index in [1.165, 1.54) is 13.2 Å². The molecule has 21 heavy (non-hydrogen) atoms. The third-order valence-electron chi connectivity index (χ3n) is 4.34. The largest absolute Gasteiger partial charge is 0.494 e. The van der Waals surface area contributed by atoms with Crippen LogP contribution in [0.3, 0.4) is 0 Å². The second kappa shape index (κ2) is 5.18. The van der Waals surface area contributed by atoms with Crippen molar-refractivity contribution in [3.8, 4) is 5.75 Å². The number of ether oxygens (including phenoxy) is 2. The number of methoxy groups -OCH3 is 2. The number of hydrogen-bond acceptors (Lipinski definition) is 4. The Kier molecular flexibility index (Phi) is 3.49. The Morgan fingerprint density at radius 2 is 2.14 bits per heavy atom. The van der Waals surface area contributed by atoms with E-state index in [9.17, 15) is 4.39 Å². The van der Waals surface area contributed by atoms with Gasteiger partial charge in [0.25, 0.3) is 0 Å². The van der Waals surface area contributed by atoms with Crippen LogP contribution in [0.4, 0.5) is 10.3 Å². The van der Waals surface area contributed by atoms with Crippen molar-refractivity contribution in [3.05, 3.63) is 17.9 Å². The molecular weight excluding hydrogens is 273 g/mol. The Morgan fingerprint density at radius 1 is 1.38 bits per heavy atom. The molecule has 0 aliphatic heterocycles. The molecule has 1 saturated carbocycles. The highest BCUT2D eigenvalue weighted by Crippen LogP contribution is 2.51. The lowest BCUT2D eigenvalue weighted by atomic mass is 10.0. The van der Waals surface area contributed by atoms with Gasteiger partial charge in [-0.15, -0.1) is 0 Å². The molecule has 1 aromatic carbocycles. The van der Waals surface area contributed by atoms with Gasteiger partial charge >= 0.3 is 0 Å². The molecule has 1 fully saturated rings. The van der Waals surface area contributed by atoms with Crippen LogP contribution in [-0.2, 0) is 11.3 Å². The second-order valence-electron chi connectivity index (χ2n) is 5.77. The van der Waals surface area contributed by atoms with E-state index >= 15 is 0 Å². The minimum atomic E-state index is -0.421. The number of rotatable bonds is 6. The Balaban J connectivity index is 1.96. The number of hydrogen-bond donors (Lipinski definition) is 1. The molecule has 3 rings (SSSR count). The van der Waals surface area contributed by atoms with Gasteiger partial charge in [-0.2, -0.15) is 0 Å². The Bertz CT molecular complexity index is 664. The minimum absolute atomic E-state index is 0.213. The fraction of sp³-hybridized carbons (Fsp3) is 0.533. The molecule has 1 aliphatic carbocycles. The molecule has 0 atom stereocenters. The van der Waals surface area contributed by atoms with Crippen LogP contribution >= 0.6 is 0 Å². The maximum atomic E-state index is 13.7.